The van der Waals surface area contributed by atoms with E-state index in [0.717, 1.165) is 39.6 Å². The number of carbonyl (C=O) groups excluding carboxylic acids is 1. The summed E-state index contributed by atoms with van der Waals surface area (Å²) in [5.74, 6) is 0.0140. The number of nitrogens with zero attached hydrogens (tertiary/aromatic N) is 1. The molecule has 0 saturated carbocycles. The van der Waals surface area contributed by atoms with E-state index in [9.17, 15) is 19.8 Å². The van der Waals surface area contributed by atoms with Crippen molar-refractivity contribution >= 4 is 16.6 Å². The molecule has 3 aromatic rings. The van der Waals surface area contributed by atoms with Gasteiger partial charge >= 0.3 is 0 Å². The first-order valence-corrected chi connectivity index (χ1v) is 10.2. The Morgan fingerprint density at radius 1 is 1.07 bits per heavy atom. The van der Waals surface area contributed by atoms with Crippen LogP contribution in [0.25, 0.3) is 22.0 Å². The van der Waals surface area contributed by atoms with Crippen molar-refractivity contribution in [1.82, 2.24) is 4.57 Å². The number of hydrogen-bond donors (Lipinski definition) is 2. The molecule has 5 heteroatoms. The minimum atomic E-state index is -1.58. The molecule has 29 heavy (non-hydrogen) atoms. The zero-order chi connectivity index (χ0) is 20.5. The van der Waals surface area contributed by atoms with Crippen LogP contribution in [-0.2, 0) is 29.8 Å². The SMILES string of the molecule is CCc1c2c(cc3ccc(O)cc13)-c1cc3c(c(=O)n1C2)CCC(=O)[C@]3(O)CC. The van der Waals surface area contributed by atoms with Crippen molar-refractivity contribution in [1.29, 1.82) is 0 Å². The number of aliphatic hydroxyl groups is 1. The van der Waals surface area contributed by atoms with Crippen LogP contribution >= 0.6 is 0 Å². The highest BCUT2D eigenvalue weighted by molar-refractivity contribution is 5.95. The largest absolute Gasteiger partial charge is 0.508 e. The van der Waals surface area contributed by atoms with E-state index in [-0.39, 0.29) is 29.9 Å². The maximum Gasteiger partial charge on any atom is 0.254 e. The Hall–Kier alpha value is -2.92. The predicted octanol–water partition coefficient (Wildman–Crippen LogP) is 3.41. The van der Waals surface area contributed by atoms with Crippen LogP contribution in [-0.4, -0.2) is 20.6 Å². The minimum Gasteiger partial charge on any atom is -0.508 e. The summed E-state index contributed by atoms with van der Waals surface area (Å²) < 4.78 is 1.77. The van der Waals surface area contributed by atoms with Gasteiger partial charge in [-0.15, -0.1) is 0 Å². The van der Waals surface area contributed by atoms with Crippen LogP contribution < -0.4 is 5.56 Å². The van der Waals surface area contributed by atoms with Gasteiger partial charge in [-0.2, -0.15) is 0 Å². The average molecular weight is 389 g/mol. The summed E-state index contributed by atoms with van der Waals surface area (Å²) in [4.78, 5) is 25.8. The molecule has 5 nitrogen and oxygen atoms in total. The molecule has 1 aliphatic carbocycles. The molecule has 148 valence electrons. The van der Waals surface area contributed by atoms with Crippen LogP contribution in [0.15, 0.2) is 35.1 Å². The van der Waals surface area contributed by atoms with Crippen LogP contribution in [0.3, 0.4) is 0 Å². The van der Waals surface area contributed by atoms with E-state index >= 15 is 0 Å². The van der Waals surface area contributed by atoms with Gasteiger partial charge in [-0.1, -0.05) is 19.9 Å². The molecule has 0 unspecified atom stereocenters. The maximum atomic E-state index is 13.3. The summed E-state index contributed by atoms with van der Waals surface area (Å²) in [6.07, 6.45) is 1.61. The van der Waals surface area contributed by atoms with Gasteiger partial charge in [0.2, 0.25) is 0 Å². The molecule has 1 aromatic heterocycles. The second-order valence-corrected chi connectivity index (χ2v) is 8.09. The number of aryl methyl sites for hydroxylation is 1. The Labute approximate surface area is 168 Å². The third-order valence-corrected chi connectivity index (χ3v) is 6.72. The van der Waals surface area contributed by atoms with Gasteiger partial charge in [0.1, 0.15) is 11.4 Å². The van der Waals surface area contributed by atoms with Crippen LogP contribution in [0, 0.1) is 0 Å². The summed E-state index contributed by atoms with van der Waals surface area (Å²) in [7, 11) is 0. The lowest BCUT2D eigenvalue weighted by Gasteiger charge is -2.32. The van der Waals surface area contributed by atoms with E-state index in [1.165, 1.54) is 0 Å². The number of rotatable bonds is 2. The number of pyridine rings is 1. The molecule has 5 rings (SSSR count). The summed E-state index contributed by atoms with van der Waals surface area (Å²) >= 11 is 0. The number of carbonyl (C=O) groups is 1. The van der Waals surface area contributed by atoms with Crippen LogP contribution in [0.4, 0.5) is 0 Å². The number of benzene rings is 2. The van der Waals surface area contributed by atoms with Crippen molar-refractivity contribution < 1.29 is 15.0 Å². The number of phenols is 1. The van der Waals surface area contributed by atoms with E-state index < -0.39 is 5.60 Å². The van der Waals surface area contributed by atoms with Crippen molar-refractivity contribution in [2.24, 2.45) is 0 Å². The highest BCUT2D eigenvalue weighted by Gasteiger charge is 2.43. The molecule has 2 N–H and O–H groups in total. The number of ketones is 1. The van der Waals surface area contributed by atoms with E-state index in [4.69, 9.17) is 0 Å². The number of hydrogen-bond acceptors (Lipinski definition) is 4. The molecular formula is C24H23NO4. The standard InChI is InChI=1S/C24H23NO4/c1-3-15-17-10-14(26)6-5-13(17)9-18-19(15)12-25-21(18)11-20-16(23(25)28)7-8-22(27)24(20,29)4-2/h5-6,9-11,26,29H,3-4,7-8,12H2,1-2H3/t24-/m0/s1. The Bertz CT molecular complexity index is 1270. The second-order valence-electron chi connectivity index (χ2n) is 8.09. The highest BCUT2D eigenvalue weighted by Crippen LogP contribution is 2.42. The first-order chi connectivity index (χ1) is 13.9. The highest BCUT2D eigenvalue weighted by atomic mass is 16.3. The topological polar surface area (TPSA) is 79.5 Å². The van der Waals surface area contributed by atoms with Gasteiger partial charge in [0, 0.05) is 23.1 Å². The van der Waals surface area contributed by atoms with Gasteiger partial charge in [0.05, 0.1) is 12.2 Å². The molecule has 1 atom stereocenters. The number of fused-ring (bicyclic) bond motifs is 5. The Balaban J connectivity index is 1.84. The molecular weight excluding hydrogens is 366 g/mol. The maximum absolute atomic E-state index is 13.3. The molecule has 0 saturated heterocycles. The quantitative estimate of drug-likeness (QED) is 0.551. The summed E-state index contributed by atoms with van der Waals surface area (Å²) in [6.45, 7) is 4.33. The summed E-state index contributed by atoms with van der Waals surface area (Å²) in [5.41, 5.74) is 3.28. The molecule has 0 radical (unpaired) electrons. The fourth-order valence-corrected chi connectivity index (χ4v) is 5.13. The van der Waals surface area contributed by atoms with Crippen LogP contribution in [0.2, 0.25) is 0 Å². The third-order valence-electron chi connectivity index (χ3n) is 6.72. The Morgan fingerprint density at radius 2 is 1.86 bits per heavy atom. The molecule has 0 amide bonds. The van der Waals surface area contributed by atoms with Crippen molar-refractivity contribution in [3.63, 3.8) is 0 Å². The molecule has 0 bridgehead atoms. The van der Waals surface area contributed by atoms with Crippen molar-refractivity contribution in [2.45, 2.75) is 51.7 Å². The summed E-state index contributed by atoms with van der Waals surface area (Å²) in [5, 5.41) is 23.0. The number of phenolic OH excluding ortho intramolecular Hbond substituents is 1. The van der Waals surface area contributed by atoms with Gasteiger partial charge in [0.25, 0.3) is 5.56 Å². The zero-order valence-electron chi connectivity index (χ0n) is 16.6. The molecule has 2 aromatic carbocycles. The van der Waals surface area contributed by atoms with Gasteiger partial charge in [0.15, 0.2) is 5.78 Å². The first-order valence-electron chi connectivity index (χ1n) is 10.2. The van der Waals surface area contributed by atoms with E-state index in [0.29, 0.717) is 24.1 Å². The third kappa shape index (κ3) is 2.31. The number of aromatic nitrogens is 1. The number of Topliss-reactive ketones (excluding diaryl/α,β-unsaturated/α-hetero) is 1. The lowest BCUT2D eigenvalue weighted by Crippen LogP contribution is -2.43. The number of aromatic hydroxyl groups is 1. The average Bonchev–Trinajstić information content (AvgIpc) is 3.08. The minimum absolute atomic E-state index is 0.109. The van der Waals surface area contributed by atoms with Gasteiger partial charge in [-0.05, 0) is 65.4 Å². The molecule has 2 aliphatic rings. The zero-order valence-corrected chi connectivity index (χ0v) is 16.6. The van der Waals surface area contributed by atoms with E-state index in [2.05, 4.69) is 6.92 Å². The lowest BCUT2D eigenvalue weighted by atomic mass is 9.76. The predicted molar refractivity (Wildman–Crippen MR) is 111 cm³/mol. The van der Waals surface area contributed by atoms with Gasteiger partial charge < -0.3 is 14.8 Å². The van der Waals surface area contributed by atoms with Crippen LogP contribution in [0.5, 0.6) is 5.75 Å². The summed E-state index contributed by atoms with van der Waals surface area (Å²) in [6, 6.07) is 9.23. The van der Waals surface area contributed by atoms with Crippen molar-refractivity contribution in [3.05, 3.63) is 62.9 Å². The fraction of sp³-hybridized carbons (Fsp3) is 0.333. The van der Waals surface area contributed by atoms with Crippen molar-refractivity contribution in [3.8, 4) is 17.0 Å². The van der Waals surface area contributed by atoms with Gasteiger partial charge in [-0.3, -0.25) is 9.59 Å². The van der Waals surface area contributed by atoms with Crippen LogP contribution in [0.1, 0.15) is 48.9 Å². The van der Waals surface area contributed by atoms with Gasteiger partial charge in [-0.25, -0.2) is 0 Å². The molecule has 0 fully saturated rings. The van der Waals surface area contributed by atoms with E-state index in [1.807, 2.05) is 18.2 Å². The lowest BCUT2D eigenvalue weighted by molar-refractivity contribution is -0.140. The Morgan fingerprint density at radius 3 is 2.59 bits per heavy atom. The van der Waals surface area contributed by atoms with E-state index in [1.54, 1.807) is 23.6 Å². The Kier molecular flexibility index (Phi) is 3.77. The van der Waals surface area contributed by atoms with Crippen molar-refractivity contribution in [2.75, 3.05) is 0 Å². The second kappa shape index (κ2) is 6.04. The molecule has 2 heterocycles. The monoisotopic (exact) mass is 389 g/mol. The fourth-order valence-electron chi connectivity index (χ4n) is 5.13. The normalized spacial score (nSPS) is 19.9. The molecule has 0 spiro atoms. The smallest absolute Gasteiger partial charge is 0.254 e. The first kappa shape index (κ1) is 18.1. The molecule has 1 aliphatic heterocycles.